The number of hydrogen-bond acceptors (Lipinski definition) is 2. The van der Waals surface area contributed by atoms with E-state index in [2.05, 4.69) is 53.0 Å². The van der Waals surface area contributed by atoms with Crippen LogP contribution in [0.1, 0.15) is 73.3 Å². The van der Waals surface area contributed by atoms with Crippen LogP contribution in [0.25, 0.3) is 0 Å². The molecule has 0 aliphatic heterocycles. The molecule has 0 bridgehead atoms. The predicted molar refractivity (Wildman–Crippen MR) is 154 cm³/mol. The van der Waals surface area contributed by atoms with E-state index in [1.54, 1.807) is 24.3 Å². The van der Waals surface area contributed by atoms with Crippen LogP contribution < -0.4 is 5.73 Å². The summed E-state index contributed by atoms with van der Waals surface area (Å²) in [6, 6.07) is 6.40. The van der Waals surface area contributed by atoms with Crippen LogP contribution in [-0.4, -0.2) is 12.8 Å². The topological polar surface area (TPSA) is 43.1 Å². The van der Waals surface area contributed by atoms with Gasteiger partial charge in [-0.15, -0.1) is 0 Å². The minimum atomic E-state index is -0.171. The smallest absolute Gasteiger partial charge is 0.150 e. The monoisotopic (exact) mass is 471 g/mol. The largest absolute Gasteiger partial charge is 0.330 e. The number of aryl methyl sites for hydroxylation is 1. The second-order valence-electron chi connectivity index (χ2n) is 7.04. The molecular weight excluding hydrogens is 421 g/mol. The van der Waals surface area contributed by atoms with E-state index in [1.807, 2.05) is 39.8 Å². The van der Waals surface area contributed by atoms with Gasteiger partial charge >= 0.3 is 0 Å². The minimum absolute atomic E-state index is 0.171. The van der Waals surface area contributed by atoms with Crippen LogP contribution in [0.4, 0.5) is 4.39 Å². The SMILES string of the molecule is C=C/C(=C\C=C(C)C)CCC.C=C/C(C=O)=C\C=C/C.CC.CCCN.Cc1ccc(F)cc1. The molecule has 0 heterocycles. The van der Waals surface area contributed by atoms with Gasteiger partial charge in [0.05, 0.1) is 0 Å². The molecule has 0 unspecified atom stereocenters. The van der Waals surface area contributed by atoms with Crippen LogP contribution in [0.5, 0.6) is 0 Å². The highest BCUT2D eigenvalue weighted by Gasteiger charge is 1.86. The first kappa shape index (κ1) is 38.5. The van der Waals surface area contributed by atoms with Gasteiger partial charge in [0.25, 0.3) is 0 Å². The molecular formula is C31H50FNO. The highest BCUT2D eigenvalue weighted by atomic mass is 19.1. The predicted octanol–water partition coefficient (Wildman–Crippen LogP) is 9.25. The fourth-order valence-electron chi connectivity index (χ4n) is 1.71. The second-order valence-corrected chi connectivity index (χ2v) is 7.04. The zero-order chi connectivity index (χ0) is 27.2. The number of nitrogens with two attached hydrogens (primary N) is 1. The van der Waals surface area contributed by atoms with Crippen molar-refractivity contribution in [3.05, 3.63) is 108 Å². The first-order chi connectivity index (χ1) is 16.2. The average molecular weight is 472 g/mol. The molecule has 34 heavy (non-hydrogen) atoms. The fraction of sp³-hybridized carbons (Fsp3) is 0.387. The number of carbonyl (C=O) groups is 1. The van der Waals surface area contributed by atoms with Gasteiger partial charge in [0.1, 0.15) is 12.1 Å². The van der Waals surface area contributed by atoms with Gasteiger partial charge in [-0.3, -0.25) is 4.79 Å². The van der Waals surface area contributed by atoms with Gasteiger partial charge in [-0.2, -0.15) is 0 Å². The standard InChI is InChI=1S/C11H18.C8H10O.C7H7F.C3H9N.C2H6/c1-5-7-11(6-2)9-8-10(3)4;1-3-5-6-8(4-2)7-9;1-6-2-4-7(8)5-3-6;1-2-3-4;1-2/h6,8-9H,2,5,7H2,1,3-4H3;3-7H,2H2,1H3;2-5H,1H3;2-4H2,1H3;1-2H3/b11-9+;5-3-,8-6+;;;. The van der Waals surface area contributed by atoms with Gasteiger partial charge in [0, 0.05) is 5.57 Å². The Morgan fingerprint density at radius 1 is 0.971 bits per heavy atom. The Bertz CT molecular complexity index is 685. The first-order valence-corrected chi connectivity index (χ1v) is 12.0. The van der Waals surface area contributed by atoms with E-state index in [0.717, 1.165) is 31.2 Å². The van der Waals surface area contributed by atoms with Crippen molar-refractivity contribution in [2.24, 2.45) is 5.73 Å². The maximum atomic E-state index is 12.1. The molecule has 3 heteroatoms. The number of rotatable bonds is 8. The maximum absolute atomic E-state index is 12.1. The van der Waals surface area contributed by atoms with Crippen molar-refractivity contribution in [3.8, 4) is 0 Å². The summed E-state index contributed by atoms with van der Waals surface area (Å²) >= 11 is 0. The zero-order valence-electron chi connectivity index (χ0n) is 23.0. The third-order valence-corrected chi connectivity index (χ3v) is 3.58. The van der Waals surface area contributed by atoms with E-state index in [-0.39, 0.29) is 5.82 Å². The van der Waals surface area contributed by atoms with Gasteiger partial charge in [0.15, 0.2) is 0 Å². The quantitative estimate of drug-likeness (QED) is 0.233. The average Bonchev–Trinajstić information content (AvgIpc) is 2.86. The molecule has 0 spiro atoms. The molecule has 1 aromatic carbocycles. The molecule has 0 atom stereocenters. The molecule has 0 fully saturated rings. The summed E-state index contributed by atoms with van der Waals surface area (Å²) in [6.45, 7) is 24.3. The van der Waals surface area contributed by atoms with E-state index in [9.17, 15) is 9.18 Å². The molecule has 0 saturated carbocycles. The lowest BCUT2D eigenvalue weighted by atomic mass is 10.1. The number of benzene rings is 1. The summed E-state index contributed by atoms with van der Waals surface area (Å²) in [5.74, 6) is -0.171. The Morgan fingerprint density at radius 2 is 1.50 bits per heavy atom. The van der Waals surface area contributed by atoms with Crippen molar-refractivity contribution in [2.45, 2.75) is 74.7 Å². The lowest BCUT2D eigenvalue weighted by Crippen LogP contribution is -1.93. The second kappa shape index (κ2) is 32.4. The lowest BCUT2D eigenvalue weighted by molar-refractivity contribution is -0.104. The normalized spacial score (nSPS) is 9.94. The lowest BCUT2D eigenvalue weighted by Gasteiger charge is -1.95. The molecule has 0 radical (unpaired) electrons. The van der Waals surface area contributed by atoms with E-state index in [1.165, 1.54) is 35.8 Å². The molecule has 2 nitrogen and oxygen atoms in total. The molecule has 0 aliphatic carbocycles. The van der Waals surface area contributed by atoms with E-state index >= 15 is 0 Å². The number of allylic oxidation sites excluding steroid dienone is 10. The Morgan fingerprint density at radius 3 is 1.79 bits per heavy atom. The molecule has 0 aromatic heterocycles. The summed E-state index contributed by atoms with van der Waals surface area (Å²) in [4.78, 5) is 10.1. The molecule has 192 valence electrons. The van der Waals surface area contributed by atoms with Gasteiger partial charge in [-0.1, -0.05) is 113 Å². The number of halogens is 1. The maximum Gasteiger partial charge on any atom is 0.150 e. The first-order valence-electron chi connectivity index (χ1n) is 12.0. The van der Waals surface area contributed by atoms with E-state index in [4.69, 9.17) is 5.73 Å². The molecule has 0 saturated heterocycles. The molecule has 1 aromatic rings. The summed E-state index contributed by atoms with van der Waals surface area (Å²) < 4.78 is 12.1. The summed E-state index contributed by atoms with van der Waals surface area (Å²) in [7, 11) is 0. The van der Waals surface area contributed by atoms with Crippen LogP contribution in [0.3, 0.4) is 0 Å². The molecule has 0 amide bonds. The molecule has 2 N–H and O–H groups in total. The highest BCUT2D eigenvalue weighted by Crippen LogP contribution is 2.06. The zero-order valence-corrected chi connectivity index (χ0v) is 23.0. The van der Waals surface area contributed by atoms with Crippen molar-refractivity contribution in [1.29, 1.82) is 0 Å². The third-order valence-electron chi connectivity index (χ3n) is 3.58. The van der Waals surface area contributed by atoms with Crippen LogP contribution in [0, 0.1) is 12.7 Å². The van der Waals surface area contributed by atoms with E-state index < -0.39 is 0 Å². The minimum Gasteiger partial charge on any atom is -0.330 e. The number of aldehydes is 1. The van der Waals surface area contributed by atoms with Crippen LogP contribution in [0.2, 0.25) is 0 Å². The van der Waals surface area contributed by atoms with Crippen LogP contribution >= 0.6 is 0 Å². The van der Waals surface area contributed by atoms with Crippen molar-refractivity contribution < 1.29 is 9.18 Å². The van der Waals surface area contributed by atoms with Crippen molar-refractivity contribution in [2.75, 3.05) is 6.54 Å². The Kier molecular flexibility index (Phi) is 36.7. The van der Waals surface area contributed by atoms with Crippen molar-refractivity contribution in [1.82, 2.24) is 0 Å². The Balaban J connectivity index is -0.000000179. The van der Waals surface area contributed by atoms with E-state index in [0.29, 0.717) is 5.57 Å². The number of hydrogen-bond donors (Lipinski definition) is 1. The van der Waals surface area contributed by atoms with Gasteiger partial charge in [0.2, 0.25) is 0 Å². The van der Waals surface area contributed by atoms with Crippen LogP contribution in [-0.2, 0) is 4.79 Å². The van der Waals surface area contributed by atoms with Gasteiger partial charge < -0.3 is 5.73 Å². The molecule has 1 rings (SSSR count). The van der Waals surface area contributed by atoms with Gasteiger partial charge in [-0.05, 0) is 64.8 Å². The molecule has 0 aliphatic rings. The summed E-state index contributed by atoms with van der Waals surface area (Å²) in [5.41, 5.74) is 9.38. The summed E-state index contributed by atoms with van der Waals surface area (Å²) in [5, 5.41) is 0. The highest BCUT2D eigenvalue weighted by molar-refractivity contribution is 5.77. The van der Waals surface area contributed by atoms with Gasteiger partial charge in [-0.25, -0.2) is 4.39 Å². The fourth-order valence-corrected chi connectivity index (χ4v) is 1.71. The van der Waals surface area contributed by atoms with Crippen molar-refractivity contribution in [3.63, 3.8) is 0 Å². The Labute approximate surface area is 210 Å². The Hall–Kier alpha value is -2.78. The summed E-state index contributed by atoms with van der Waals surface area (Å²) in [6.07, 6.45) is 17.3. The third kappa shape index (κ3) is 33.8. The van der Waals surface area contributed by atoms with Crippen molar-refractivity contribution >= 4 is 6.29 Å². The number of carbonyl (C=O) groups excluding carboxylic acids is 1. The van der Waals surface area contributed by atoms with Crippen LogP contribution in [0.15, 0.2) is 96.7 Å².